The van der Waals surface area contributed by atoms with Crippen LogP contribution in [0.4, 0.5) is 0 Å². The first-order valence-corrected chi connectivity index (χ1v) is 11.5. The molecule has 0 aliphatic heterocycles. The smallest absolute Gasteiger partial charge is 0.144 e. The summed E-state index contributed by atoms with van der Waals surface area (Å²) in [5, 5.41) is 0. The number of Topliss-reactive ketones (excluding diaryl/α,β-unsaturated/α-hetero) is 2. The number of carbonyl (C=O) groups is 2. The molecule has 29 heavy (non-hydrogen) atoms. The monoisotopic (exact) mass is 412 g/mol. The van der Waals surface area contributed by atoms with Crippen molar-refractivity contribution in [2.45, 2.75) is 72.6 Å². The predicted molar refractivity (Wildman–Crippen MR) is 125 cm³/mol. The highest BCUT2D eigenvalue weighted by atomic mass is 32.1. The summed E-state index contributed by atoms with van der Waals surface area (Å²) in [6, 6.07) is 9.81. The average molecular weight is 413 g/mol. The minimum absolute atomic E-state index is 0.0259. The standard InChI is InChI=1S/C26H36O2S/c1-18(2)23-15-13-19(3)9-8-10-20(4)17-22(27)14-16-24(25(23)28)26(29)21-11-6-5-7-12-21/h5-7,9,11-12,18,20,23-24H,8,10,13-17H2,1-4H3/b19-9+/t20-,23-,24-/m0/s1. The fraction of sp³-hybridized carbons (Fsp3) is 0.577. The molecule has 1 aromatic rings. The molecule has 3 heteroatoms. The molecule has 0 spiro atoms. The Balaban J connectivity index is 2.33. The maximum Gasteiger partial charge on any atom is 0.144 e. The molecule has 2 nitrogen and oxygen atoms in total. The average Bonchev–Trinajstić information content (AvgIpc) is 2.67. The molecule has 0 radical (unpaired) electrons. The van der Waals surface area contributed by atoms with E-state index < -0.39 is 0 Å². The van der Waals surface area contributed by atoms with Gasteiger partial charge in [0.1, 0.15) is 11.6 Å². The van der Waals surface area contributed by atoms with E-state index in [0.29, 0.717) is 30.0 Å². The van der Waals surface area contributed by atoms with Gasteiger partial charge in [-0.05, 0) is 56.4 Å². The second-order valence-corrected chi connectivity index (χ2v) is 9.53. The lowest BCUT2D eigenvalue weighted by Crippen LogP contribution is -2.33. The Kier molecular flexibility index (Phi) is 9.42. The van der Waals surface area contributed by atoms with Crippen LogP contribution < -0.4 is 0 Å². The van der Waals surface area contributed by atoms with E-state index in [1.807, 2.05) is 30.3 Å². The fourth-order valence-electron chi connectivity index (χ4n) is 4.27. The van der Waals surface area contributed by atoms with Crippen molar-refractivity contribution in [3.8, 4) is 0 Å². The predicted octanol–water partition coefficient (Wildman–Crippen LogP) is 6.76. The molecule has 3 atom stereocenters. The maximum absolute atomic E-state index is 13.6. The third-order valence-electron chi connectivity index (χ3n) is 6.18. The van der Waals surface area contributed by atoms with Crippen molar-refractivity contribution in [1.82, 2.24) is 0 Å². The highest BCUT2D eigenvalue weighted by molar-refractivity contribution is 7.81. The molecular weight excluding hydrogens is 376 g/mol. The first-order chi connectivity index (χ1) is 13.8. The van der Waals surface area contributed by atoms with Gasteiger partial charge < -0.3 is 0 Å². The molecule has 1 aromatic carbocycles. The van der Waals surface area contributed by atoms with E-state index in [1.165, 1.54) is 5.57 Å². The zero-order valence-electron chi connectivity index (χ0n) is 18.4. The summed E-state index contributed by atoms with van der Waals surface area (Å²) >= 11 is 5.79. The summed E-state index contributed by atoms with van der Waals surface area (Å²) in [5.74, 6) is 0.742. The molecule has 1 aliphatic carbocycles. The van der Waals surface area contributed by atoms with Crippen molar-refractivity contribution in [2.24, 2.45) is 23.7 Å². The van der Waals surface area contributed by atoms with Crippen LogP contribution in [0.3, 0.4) is 0 Å². The molecule has 0 amide bonds. The summed E-state index contributed by atoms with van der Waals surface area (Å²) in [4.78, 5) is 26.9. The third-order valence-corrected chi connectivity index (χ3v) is 6.70. The largest absolute Gasteiger partial charge is 0.300 e. The molecule has 158 valence electrons. The summed E-state index contributed by atoms with van der Waals surface area (Å²) in [6.07, 6.45) is 7.73. The van der Waals surface area contributed by atoms with Crippen molar-refractivity contribution in [2.75, 3.05) is 0 Å². The fourth-order valence-corrected chi connectivity index (χ4v) is 4.64. The van der Waals surface area contributed by atoms with Crippen LogP contribution in [0.15, 0.2) is 42.0 Å². The van der Waals surface area contributed by atoms with E-state index in [9.17, 15) is 9.59 Å². The topological polar surface area (TPSA) is 34.1 Å². The van der Waals surface area contributed by atoms with E-state index in [0.717, 1.165) is 31.2 Å². The number of rotatable bonds is 3. The van der Waals surface area contributed by atoms with Crippen LogP contribution in [0.2, 0.25) is 0 Å². The van der Waals surface area contributed by atoms with Gasteiger partial charge in [-0.1, -0.05) is 75.0 Å². The third kappa shape index (κ3) is 7.29. The Hall–Kier alpha value is -1.61. The first kappa shape index (κ1) is 23.7. The number of hydrogen-bond acceptors (Lipinski definition) is 3. The number of allylic oxidation sites excluding steroid dienone is 2. The van der Waals surface area contributed by atoms with Gasteiger partial charge in [0, 0.05) is 23.6 Å². The normalized spacial score (nSPS) is 27.2. The SMILES string of the molecule is C/C1=C\CC[C@H](C)CC(=O)CC[C@H](C(=S)c2ccccc2)C(=O)[C@H](C(C)C)CC1. The van der Waals surface area contributed by atoms with Crippen LogP contribution in [0.25, 0.3) is 0 Å². The molecule has 1 aliphatic rings. The molecule has 0 heterocycles. The number of hydrogen-bond donors (Lipinski definition) is 0. The number of ketones is 2. The minimum atomic E-state index is -0.355. The summed E-state index contributed by atoms with van der Waals surface area (Å²) in [5.41, 5.74) is 2.28. The van der Waals surface area contributed by atoms with Crippen LogP contribution in [-0.2, 0) is 9.59 Å². The lowest BCUT2D eigenvalue weighted by atomic mass is 9.77. The molecule has 0 aromatic heterocycles. The van der Waals surface area contributed by atoms with Crippen LogP contribution in [0.5, 0.6) is 0 Å². The van der Waals surface area contributed by atoms with E-state index in [2.05, 4.69) is 33.8 Å². The lowest BCUT2D eigenvalue weighted by Gasteiger charge is -2.26. The van der Waals surface area contributed by atoms with E-state index in [4.69, 9.17) is 12.2 Å². The highest BCUT2D eigenvalue weighted by Crippen LogP contribution is 2.29. The van der Waals surface area contributed by atoms with Crippen LogP contribution in [0, 0.1) is 23.7 Å². The van der Waals surface area contributed by atoms with Crippen molar-refractivity contribution in [3.63, 3.8) is 0 Å². The second kappa shape index (κ2) is 11.5. The first-order valence-electron chi connectivity index (χ1n) is 11.1. The van der Waals surface area contributed by atoms with Gasteiger partial charge in [0.05, 0.1) is 5.92 Å². The summed E-state index contributed by atoms with van der Waals surface area (Å²) < 4.78 is 0. The van der Waals surface area contributed by atoms with Gasteiger partial charge in [0.25, 0.3) is 0 Å². The summed E-state index contributed by atoms with van der Waals surface area (Å²) in [6.45, 7) is 8.56. The van der Waals surface area contributed by atoms with Crippen LogP contribution >= 0.6 is 12.2 Å². The molecule has 0 saturated heterocycles. The minimum Gasteiger partial charge on any atom is -0.300 e. The van der Waals surface area contributed by atoms with Crippen molar-refractivity contribution in [3.05, 3.63) is 47.5 Å². The Morgan fingerprint density at radius 1 is 1.03 bits per heavy atom. The molecular formula is C26H36O2S. The number of thiocarbonyl (C=S) groups is 1. The van der Waals surface area contributed by atoms with Gasteiger partial charge >= 0.3 is 0 Å². The molecule has 0 fully saturated rings. The highest BCUT2D eigenvalue weighted by Gasteiger charge is 2.32. The Morgan fingerprint density at radius 2 is 1.72 bits per heavy atom. The van der Waals surface area contributed by atoms with E-state index in [-0.39, 0.29) is 29.3 Å². The Bertz CT molecular complexity index is 732. The molecule has 0 saturated carbocycles. The van der Waals surface area contributed by atoms with Gasteiger partial charge in [0.2, 0.25) is 0 Å². The van der Waals surface area contributed by atoms with Gasteiger partial charge in [-0.3, -0.25) is 9.59 Å². The van der Waals surface area contributed by atoms with Gasteiger partial charge in [-0.15, -0.1) is 0 Å². The van der Waals surface area contributed by atoms with Gasteiger partial charge in [-0.25, -0.2) is 0 Å². The van der Waals surface area contributed by atoms with E-state index in [1.54, 1.807) is 0 Å². The van der Waals surface area contributed by atoms with Crippen molar-refractivity contribution < 1.29 is 9.59 Å². The lowest BCUT2D eigenvalue weighted by molar-refractivity contribution is -0.126. The molecule has 0 bridgehead atoms. The quantitative estimate of drug-likeness (QED) is 0.312. The zero-order chi connectivity index (χ0) is 21.4. The molecule has 2 rings (SSSR count). The van der Waals surface area contributed by atoms with Crippen LogP contribution in [-0.4, -0.2) is 16.4 Å². The van der Waals surface area contributed by atoms with Crippen LogP contribution in [0.1, 0.15) is 78.2 Å². The summed E-state index contributed by atoms with van der Waals surface area (Å²) in [7, 11) is 0. The van der Waals surface area contributed by atoms with Crippen molar-refractivity contribution >= 4 is 28.6 Å². The van der Waals surface area contributed by atoms with Crippen molar-refractivity contribution in [1.29, 1.82) is 0 Å². The number of benzene rings is 1. The van der Waals surface area contributed by atoms with E-state index >= 15 is 0 Å². The molecule has 0 N–H and O–H groups in total. The Morgan fingerprint density at radius 3 is 2.38 bits per heavy atom. The Labute approximate surface area is 182 Å². The van der Waals surface area contributed by atoms with Gasteiger partial charge in [-0.2, -0.15) is 0 Å². The maximum atomic E-state index is 13.6. The second-order valence-electron chi connectivity index (χ2n) is 9.09. The molecule has 0 unspecified atom stereocenters. The number of carbonyl (C=O) groups excluding carboxylic acids is 2. The zero-order valence-corrected chi connectivity index (χ0v) is 19.3. The van der Waals surface area contributed by atoms with Gasteiger partial charge in [0.15, 0.2) is 0 Å².